The van der Waals surface area contributed by atoms with E-state index in [9.17, 15) is 4.79 Å². The van der Waals surface area contributed by atoms with Gasteiger partial charge in [-0.3, -0.25) is 4.79 Å². The van der Waals surface area contributed by atoms with Gasteiger partial charge in [-0.05, 0) is 43.5 Å². The van der Waals surface area contributed by atoms with Gasteiger partial charge in [-0.2, -0.15) is 0 Å². The fourth-order valence-corrected chi connectivity index (χ4v) is 3.84. The third-order valence-electron chi connectivity index (χ3n) is 4.24. The van der Waals surface area contributed by atoms with Crippen LogP contribution in [0.3, 0.4) is 0 Å². The van der Waals surface area contributed by atoms with Crippen LogP contribution in [0.2, 0.25) is 0 Å². The molecule has 0 radical (unpaired) electrons. The van der Waals surface area contributed by atoms with Gasteiger partial charge in [0, 0.05) is 34.2 Å². The third kappa shape index (κ3) is 4.07. The number of aromatic nitrogens is 1. The van der Waals surface area contributed by atoms with Gasteiger partial charge in [0.25, 0.3) is 0 Å². The lowest BCUT2D eigenvalue weighted by Crippen LogP contribution is -2.14. The maximum Gasteiger partial charge on any atom is 0.234 e. The van der Waals surface area contributed by atoms with Gasteiger partial charge >= 0.3 is 0 Å². The molecule has 0 fully saturated rings. The Morgan fingerprint density at radius 3 is 2.76 bits per heavy atom. The number of para-hydroxylation sites is 1. The van der Waals surface area contributed by atoms with Gasteiger partial charge in [-0.25, -0.2) is 0 Å². The molecule has 1 heterocycles. The standard InChI is InChI=1S/C21H24N2OS/c1-4-11-23-13-20(17-7-5-6-8-19(17)23)25-14-21(24)22-18-12-15(2)9-10-16(18)3/h5-10,12-13H,4,11,14H2,1-3H3,(H,22,24). The summed E-state index contributed by atoms with van der Waals surface area (Å²) in [5.74, 6) is 0.444. The highest BCUT2D eigenvalue weighted by molar-refractivity contribution is 8.00. The Kier molecular flexibility index (Phi) is 5.49. The largest absolute Gasteiger partial charge is 0.346 e. The number of carbonyl (C=O) groups is 1. The molecule has 2 aromatic carbocycles. The minimum absolute atomic E-state index is 0.0334. The number of aryl methyl sites for hydroxylation is 3. The Morgan fingerprint density at radius 2 is 1.96 bits per heavy atom. The molecule has 0 saturated carbocycles. The summed E-state index contributed by atoms with van der Waals surface area (Å²) in [4.78, 5) is 13.5. The number of thioether (sulfide) groups is 1. The molecule has 0 unspecified atom stereocenters. The molecule has 25 heavy (non-hydrogen) atoms. The summed E-state index contributed by atoms with van der Waals surface area (Å²) in [5.41, 5.74) is 4.38. The van der Waals surface area contributed by atoms with Crippen molar-refractivity contribution in [1.29, 1.82) is 0 Å². The average Bonchev–Trinajstić information content (AvgIpc) is 2.95. The van der Waals surface area contributed by atoms with Crippen LogP contribution in [0.1, 0.15) is 24.5 Å². The van der Waals surface area contributed by atoms with Crippen molar-refractivity contribution >= 4 is 34.3 Å². The zero-order chi connectivity index (χ0) is 17.8. The van der Waals surface area contributed by atoms with E-state index in [1.807, 2.05) is 26.0 Å². The minimum Gasteiger partial charge on any atom is -0.346 e. The van der Waals surface area contributed by atoms with Crippen LogP contribution in [-0.4, -0.2) is 16.2 Å². The first-order chi connectivity index (χ1) is 12.1. The van der Waals surface area contributed by atoms with Crippen molar-refractivity contribution in [1.82, 2.24) is 4.57 Å². The van der Waals surface area contributed by atoms with Crippen LogP contribution in [0.4, 0.5) is 5.69 Å². The SMILES string of the molecule is CCCn1cc(SCC(=O)Nc2cc(C)ccc2C)c2ccccc21. The third-order valence-corrected chi connectivity index (χ3v) is 5.29. The number of nitrogens with one attached hydrogen (secondary N) is 1. The zero-order valence-electron chi connectivity index (χ0n) is 15.0. The predicted octanol–water partition coefficient (Wildman–Crippen LogP) is 5.40. The van der Waals surface area contributed by atoms with Gasteiger partial charge in [0.2, 0.25) is 5.91 Å². The molecule has 4 heteroatoms. The Hall–Kier alpha value is -2.20. The summed E-state index contributed by atoms with van der Waals surface area (Å²) >= 11 is 1.60. The van der Waals surface area contributed by atoms with E-state index in [-0.39, 0.29) is 5.91 Å². The highest BCUT2D eigenvalue weighted by Gasteiger charge is 2.11. The van der Waals surface area contributed by atoms with Gasteiger partial charge in [0.05, 0.1) is 5.75 Å². The molecule has 0 aliphatic heterocycles. The molecule has 0 bridgehead atoms. The van der Waals surface area contributed by atoms with E-state index in [0.717, 1.165) is 29.8 Å². The Morgan fingerprint density at radius 1 is 1.16 bits per heavy atom. The van der Waals surface area contributed by atoms with Crippen LogP contribution in [-0.2, 0) is 11.3 Å². The topological polar surface area (TPSA) is 34.0 Å². The molecule has 130 valence electrons. The molecule has 3 nitrogen and oxygen atoms in total. The second kappa shape index (κ2) is 7.79. The summed E-state index contributed by atoms with van der Waals surface area (Å²) in [7, 11) is 0. The molecule has 0 atom stereocenters. The van der Waals surface area contributed by atoms with E-state index in [1.165, 1.54) is 15.8 Å². The van der Waals surface area contributed by atoms with Crippen LogP contribution in [0, 0.1) is 13.8 Å². The quantitative estimate of drug-likeness (QED) is 0.603. The first-order valence-electron chi connectivity index (χ1n) is 8.66. The van der Waals surface area contributed by atoms with Gasteiger partial charge in [-0.15, -0.1) is 11.8 Å². The van der Waals surface area contributed by atoms with E-state index < -0.39 is 0 Å². The zero-order valence-corrected chi connectivity index (χ0v) is 15.8. The van der Waals surface area contributed by atoms with Crippen molar-refractivity contribution in [3.05, 3.63) is 59.8 Å². The number of rotatable bonds is 6. The van der Waals surface area contributed by atoms with E-state index in [0.29, 0.717) is 5.75 Å². The fraction of sp³-hybridized carbons (Fsp3) is 0.286. The van der Waals surface area contributed by atoms with E-state index >= 15 is 0 Å². The van der Waals surface area contributed by atoms with Crippen molar-refractivity contribution in [3.8, 4) is 0 Å². The molecule has 0 aliphatic carbocycles. The van der Waals surface area contributed by atoms with Crippen molar-refractivity contribution in [3.63, 3.8) is 0 Å². The van der Waals surface area contributed by atoms with Crippen LogP contribution >= 0.6 is 11.8 Å². The predicted molar refractivity (Wildman–Crippen MR) is 107 cm³/mol. The highest BCUT2D eigenvalue weighted by Crippen LogP contribution is 2.30. The molecule has 1 amide bonds. The number of anilines is 1. The number of amides is 1. The average molecular weight is 353 g/mol. The lowest BCUT2D eigenvalue weighted by atomic mass is 10.1. The molecular weight excluding hydrogens is 328 g/mol. The Balaban J connectivity index is 1.72. The molecule has 0 aliphatic rings. The van der Waals surface area contributed by atoms with E-state index in [4.69, 9.17) is 0 Å². The molecule has 1 N–H and O–H groups in total. The first-order valence-corrected chi connectivity index (χ1v) is 9.65. The van der Waals surface area contributed by atoms with Crippen LogP contribution < -0.4 is 5.32 Å². The number of benzene rings is 2. The lowest BCUT2D eigenvalue weighted by molar-refractivity contribution is -0.113. The van der Waals surface area contributed by atoms with Crippen molar-refractivity contribution in [2.24, 2.45) is 0 Å². The van der Waals surface area contributed by atoms with Gasteiger partial charge in [0.15, 0.2) is 0 Å². The maximum absolute atomic E-state index is 12.4. The molecular formula is C21H24N2OS. The molecule has 1 aromatic heterocycles. The van der Waals surface area contributed by atoms with Crippen LogP contribution in [0.25, 0.3) is 10.9 Å². The number of hydrogen-bond acceptors (Lipinski definition) is 2. The van der Waals surface area contributed by atoms with Crippen molar-refractivity contribution < 1.29 is 4.79 Å². The Bertz CT molecular complexity index is 898. The second-order valence-electron chi connectivity index (χ2n) is 6.36. The summed E-state index contributed by atoms with van der Waals surface area (Å²) in [6.07, 6.45) is 3.26. The van der Waals surface area contributed by atoms with Gasteiger partial charge < -0.3 is 9.88 Å². The van der Waals surface area contributed by atoms with E-state index in [2.05, 4.69) is 53.3 Å². The van der Waals surface area contributed by atoms with Crippen molar-refractivity contribution in [2.45, 2.75) is 38.6 Å². The maximum atomic E-state index is 12.4. The normalized spacial score (nSPS) is 11.0. The molecule has 0 saturated heterocycles. The second-order valence-corrected chi connectivity index (χ2v) is 7.38. The number of carbonyl (C=O) groups excluding carboxylic acids is 1. The highest BCUT2D eigenvalue weighted by atomic mass is 32.2. The van der Waals surface area contributed by atoms with Crippen molar-refractivity contribution in [2.75, 3.05) is 11.1 Å². The monoisotopic (exact) mass is 352 g/mol. The van der Waals surface area contributed by atoms with E-state index in [1.54, 1.807) is 11.8 Å². The van der Waals surface area contributed by atoms with Crippen LogP contribution in [0.15, 0.2) is 53.6 Å². The number of fused-ring (bicyclic) bond motifs is 1. The minimum atomic E-state index is 0.0334. The number of nitrogens with zero attached hydrogens (tertiary/aromatic N) is 1. The van der Waals surface area contributed by atoms with Gasteiger partial charge in [-0.1, -0.05) is 37.3 Å². The molecule has 0 spiro atoms. The Labute approximate surface area is 153 Å². The first kappa shape index (κ1) is 17.6. The summed E-state index contributed by atoms with van der Waals surface area (Å²) in [6, 6.07) is 14.5. The van der Waals surface area contributed by atoms with Crippen LogP contribution in [0.5, 0.6) is 0 Å². The lowest BCUT2D eigenvalue weighted by Gasteiger charge is -2.09. The smallest absolute Gasteiger partial charge is 0.234 e. The summed E-state index contributed by atoms with van der Waals surface area (Å²) in [5, 5.41) is 4.26. The molecule has 3 rings (SSSR count). The van der Waals surface area contributed by atoms with Gasteiger partial charge in [0.1, 0.15) is 0 Å². The summed E-state index contributed by atoms with van der Waals surface area (Å²) < 4.78 is 2.28. The summed E-state index contributed by atoms with van der Waals surface area (Å²) in [6.45, 7) is 7.22. The molecule has 3 aromatic rings. The fourth-order valence-electron chi connectivity index (χ4n) is 2.95. The number of hydrogen-bond donors (Lipinski definition) is 1.